The summed E-state index contributed by atoms with van der Waals surface area (Å²) < 4.78 is 11.1. The Morgan fingerprint density at radius 1 is 1.27 bits per heavy atom. The molecule has 1 saturated heterocycles. The molecule has 4 unspecified atom stereocenters. The molecule has 1 aliphatic heterocycles. The van der Waals surface area contributed by atoms with E-state index in [1.165, 1.54) is 0 Å². The van der Waals surface area contributed by atoms with Crippen molar-refractivity contribution >= 4 is 20.4 Å². The fraction of sp³-hybridized carbons (Fsp3) is 0.652. The normalized spacial score (nSPS) is 20.5. The van der Waals surface area contributed by atoms with Gasteiger partial charge >= 0.3 is 6.09 Å². The zero-order valence-electron chi connectivity index (χ0n) is 19.3. The summed E-state index contributed by atoms with van der Waals surface area (Å²) in [5, 5.41) is 10.7. The molecule has 1 heterocycles. The Hall–Kier alpha value is -1.86. The number of benzene rings is 1. The molecule has 2 rings (SSSR count). The Labute approximate surface area is 181 Å². The number of ether oxygens (including phenoxy) is 1. The summed E-state index contributed by atoms with van der Waals surface area (Å²) in [5.41, 5.74) is 1.13. The highest BCUT2D eigenvalue weighted by atomic mass is 28.4. The lowest BCUT2D eigenvalue weighted by Crippen LogP contribution is -2.47. The van der Waals surface area contributed by atoms with Crippen LogP contribution < -0.4 is 0 Å². The first-order chi connectivity index (χ1) is 13.8. The second-order valence-electron chi connectivity index (χ2n) is 10.0. The van der Waals surface area contributed by atoms with Crippen LogP contribution in [0.4, 0.5) is 4.79 Å². The minimum absolute atomic E-state index is 0.0796. The SMILES string of the molecule is CC(CN1C(=O)OCC1Cc1ccccc1)C(O)C(C)C(=O)O[Si](C)(C)C(C)(C)C. The van der Waals surface area contributed by atoms with Crippen molar-refractivity contribution in [2.45, 2.75) is 71.3 Å². The molecule has 1 aliphatic rings. The Morgan fingerprint density at radius 3 is 2.43 bits per heavy atom. The Balaban J connectivity index is 1.99. The third-order valence-corrected chi connectivity index (χ3v) is 10.8. The molecule has 6 nitrogen and oxygen atoms in total. The third kappa shape index (κ3) is 5.85. The molecule has 0 radical (unpaired) electrons. The molecule has 7 heteroatoms. The smallest absolute Gasteiger partial charge is 0.410 e. The highest BCUT2D eigenvalue weighted by Crippen LogP contribution is 2.37. The van der Waals surface area contributed by atoms with Crippen molar-refractivity contribution in [2.24, 2.45) is 11.8 Å². The summed E-state index contributed by atoms with van der Waals surface area (Å²) in [6, 6.07) is 9.87. The van der Waals surface area contributed by atoms with Crippen LogP contribution in [0.1, 0.15) is 40.2 Å². The zero-order valence-corrected chi connectivity index (χ0v) is 20.3. The average molecular weight is 436 g/mol. The molecular weight excluding hydrogens is 398 g/mol. The Kier molecular flexibility index (Phi) is 7.74. The topological polar surface area (TPSA) is 76.1 Å². The van der Waals surface area contributed by atoms with E-state index in [0.717, 1.165) is 5.56 Å². The lowest BCUT2D eigenvalue weighted by molar-refractivity contribution is -0.144. The van der Waals surface area contributed by atoms with Gasteiger partial charge in [-0.2, -0.15) is 0 Å². The first-order valence-electron chi connectivity index (χ1n) is 10.7. The molecule has 0 aromatic heterocycles. The molecule has 0 saturated carbocycles. The van der Waals surface area contributed by atoms with Crippen molar-refractivity contribution in [1.82, 2.24) is 4.90 Å². The van der Waals surface area contributed by atoms with E-state index in [1.807, 2.05) is 50.3 Å². The molecule has 0 aliphatic carbocycles. The molecule has 1 aromatic rings. The van der Waals surface area contributed by atoms with Crippen molar-refractivity contribution in [2.75, 3.05) is 13.2 Å². The summed E-state index contributed by atoms with van der Waals surface area (Å²) in [6.45, 7) is 14.5. The van der Waals surface area contributed by atoms with Crippen molar-refractivity contribution < 1.29 is 23.9 Å². The first kappa shape index (κ1) is 24.4. The number of rotatable bonds is 8. The predicted octanol–water partition coefficient (Wildman–Crippen LogP) is 4.23. The minimum Gasteiger partial charge on any atom is -0.519 e. The standard InChI is InChI=1S/C23H37NO5Si/c1-16(20(25)17(2)21(26)29-30(6,7)23(3,4)5)14-24-19(15-28-22(24)27)13-18-11-9-8-10-12-18/h8-12,16-17,19-20,25H,13-15H2,1-7H3. The van der Waals surface area contributed by atoms with Crippen molar-refractivity contribution in [3.05, 3.63) is 35.9 Å². The number of carbonyl (C=O) groups excluding carboxylic acids is 2. The fourth-order valence-electron chi connectivity index (χ4n) is 3.32. The van der Waals surface area contributed by atoms with Gasteiger partial charge in [0.15, 0.2) is 0 Å². The summed E-state index contributed by atoms with van der Waals surface area (Å²) >= 11 is 0. The van der Waals surface area contributed by atoms with E-state index in [9.17, 15) is 14.7 Å². The van der Waals surface area contributed by atoms with Gasteiger partial charge in [0.2, 0.25) is 0 Å². The molecule has 30 heavy (non-hydrogen) atoms. The molecule has 0 spiro atoms. The lowest BCUT2D eigenvalue weighted by Gasteiger charge is -2.37. The van der Waals surface area contributed by atoms with E-state index in [1.54, 1.807) is 11.8 Å². The van der Waals surface area contributed by atoms with Crippen LogP contribution in [0, 0.1) is 11.8 Å². The van der Waals surface area contributed by atoms with Gasteiger partial charge in [-0.05, 0) is 37.0 Å². The lowest BCUT2D eigenvalue weighted by atomic mass is 9.92. The van der Waals surface area contributed by atoms with Gasteiger partial charge in [0.1, 0.15) is 6.61 Å². The van der Waals surface area contributed by atoms with Gasteiger partial charge in [-0.1, -0.05) is 58.0 Å². The number of hydrogen-bond donors (Lipinski definition) is 1. The number of hydrogen-bond acceptors (Lipinski definition) is 5. The molecular formula is C23H37NO5Si. The fourth-order valence-corrected chi connectivity index (χ4v) is 4.31. The van der Waals surface area contributed by atoms with E-state index in [-0.39, 0.29) is 29.1 Å². The predicted molar refractivity (Wildman–Crippen MR) is 120 cm³/mol. The molecule has 1 aromatic carbocycles. The molecule has 0 bridgehead atoms. The van der Waals surface area contributed by atoms with Crippen LogP contribution in [-0.2, 0) is 20.4 Å². The van der Waals surface area contributed by atoms with Crippen LogP contribution in [0.2, 0.25) is 18.1 Å². The Morgan fingerprint density at radius 2 is 1.87 bits per heavy atom. The number of aliphatic hydroxyl groups excluding tert-OH is 1. The monoisotopic (exact) mass is 435 g/mol. The maximum Gasteiger partial charge on any atom is 0.410 e. The van der Waals surface area contributed by atoms with Crippen molar-refractivity contribution in [3.8, 4) is 0 Å². The van der Waals surface area contributed by atoms with E-state index >= 15 is 0 Å². The summed E-state index contributed by atoms with van der Waals surface area (Å²) in [5.74, 6) is -1.33. The largest absolute Gasteiger partial charge is 0.519 e. The summed E-state index contributed by atoms with van der Waals surface area (Å²) in [7, 11) is -2.26. The van der Waals surface area contributed by atoms with Gasteiger partial charge in [0, 0.05) is 12.5 Å². The van der Waals surface area contributed by atoms with Crippen LogP contribution in [0.15, 0.2) is 30.3 Å². The number of amides is 1. The van der Waals surface area contributed by atoms with Crippen molar-refractivity contribution in [1.29, 1.82) is 0 Å². The summed E-state index contributed by atoms with van der Waals surface area (Å²) in [6.07, 6.45) is -0.585. The number of carbonyl (C=O) groups is 2. The number of cyclic esters (lactones) is 1. The first-order valence-corrected chi connectivity index (χ1v) is 13.6. The van der Waals surface area contributed by atoms with Gasteiger partial charge in [-0.15, -0.1) is 0 Å². The van der Waals surface area contributed by atoms with Crippen LogP contribution >= 0.6 is 0 Å². The average Bonchev–Trinajstić information content (AvgIpc) is 2.99. The molecule has 1 amide bonds. The van der Waals surface area contributed by atoms with Crippen LogP contribution in [-0.4, -0.2) is 55.7 Å². The van der Waals surface area contributed by atoms with Crippen LogP contribution in [0.5, 0.6) is 0 Å². The molecule has 168 valence electrons. The molecule has 4 atom stereocenters. The zero-order chi connectivity index (χ0) is 22.7. The molecule has 1 fully saturated rings. The van der Waals surface area contributed by atoms with E-state index < -0.39 is 20.3 Å². The van der Waals surface area contributed by atoms with Crippen LogP contribution in [0.3, 0.4) is 0 Å². The summed E-state index contributed by atoms with van der Waals surface area (Å²) in [4.78, 5) is 26.6. The van der Waals surface area contributed by atoms with E-state index in [2.05, 4.69) is 20.8 Å². The van der Waals surface area contributed by atoms with Gasteiger partial charge in [-0.25, -0.2) is 4.79 Å². The number of aliphatic hydroxyl groups is 1. The van der Waals surface area contributed by atoms with E-state index in [4.69, 9.17) is 9.16 Å². The van der Waals surface area contributed by atoms with Gasteiger partial charge < -0.3 is 19.2 Å². The van der Waals surface area contributed by atoms with E-state index in [0.29, 0.717) is 19.6 Å². The second-order valence-corrected chi connectivity index (χ2v) is 14.7. The van der Waals surface area contributed by atoms with Crippen molar-refractivity contribution in [3.63, 3.8) is 0 Å². The number of nitrogens with zero attached hydrogens (tertiary/aromatic N) is 1. The van der Waals surface area contributed by atoms with Gasteiger partial charge in [0.05, 0.1) is 18.1 Å². The van der Waals surface area contributed by atoms with Gasteiger partial charge in [0.25, 0.3) is 14.3 Å². The van der Waals surface area contributed by atoms with Gasteiger partial charge in [-0.3, -0.25) is 4.79 Å². The molecule has 1 N–H and O–H groups in total. The highest BCUT2D eigenvalue weighted by Gasteiger charge is 2.43. The highest BCUT2D eigenvalue weighted by molar-refractivity contribution is 6.75. The third-order valence-electron chi connectivity index (χ3n) is 6.50. The maximum absolute atomic E-state index is 12.7. The minimum atomic E-state index is -2.26. The Bertz CT molecular complexity index is 731. The second kappa shape index (κ2) is 9.52. The maximum atomic E-state index is 12.7. The van der Waals surface area contributed by atoms with Crippen LogP contribution in [0.25, 0.3) is 0 Å². The quantitative estimate of drug-likeness (QED) is 0.618.